The first-order valence-electron chi connectivity index (χ1n) is 3.71. The van der Waals surface area contributed by atoms with Crippen LogP contribution in [0, 0.1) is 5.41 Å². The zero-order chi connectivity index (χ0) is 8.36. The topological polar surface area (TPSA) is 6.48 Å². The summed E-state index contributed by atoms with van der Waals surface area (Å²) in [6, 6.07) is 0. The van der Waals surface area contributed by atoms with E-state index in [1.165, 1.54) is 0 Å². The lowest BCUT2D eigenvalue weighted by Gasteiger charge is -2.30. The standard InChI is InChI=1S/C8H20N2/c1-8(2,3)7-10(6)9(4)5/h7H2,1-6H3. The molecule has 0 N–H and O–H groups in total. The molecule has 2 nitrogen and oxygen atoms in total. The van der Waals surface area contributed by atoms with Crippen LogP contribution in [0.3, 0.4) is 0 Å². The van der Waals surface area contributed by atoms with Crippen LogP contribution in [0.2, 0.25) is 0 Å². The van der Waals surface area contributed by atoms with Crippen molar-refractivity contribution in [2.45, 2.75) is 20.8 Å². The average Bonchev–Trinajstić information content (AvgIpc) is 1.60. The van der Waals surface area contributed by atoms with Gasteiger partial charge in [-0.1, -0.05) is 20.8 Å². The minimum atomic E-state index is 0.388. The molecule has 10 heavy (non-hydrogen) atoms. The van der Waals surface area contributed by atoms with Gasteiger partial charge in [0.25, 0.3) is 0 Å². The van der Waals surface area contributed by atoms with E-state index in [0.717, 1.165) is 6.54 Å². The Balaban J connectivity index is 3.68. The highest BCUT2D eigenvalue weighted by Gasteiger charge is 2.13. The van der Waals surface area contributed by atoms with E-state index in [9.17, 15) is 0 Å². The molecule has 62 valence electrons. The van der Waals surface area contributed by atoms with Crippen molar-refractivity contribution in [3.05, 3.63) is 0 Å². The van der Waals surface area contributed by atoms with Gasteiger partial charge in [-0.2, -0.15) is 0 Å². The van der Waals surface area contributed by atoms with Crippen molar-refractivity contribution in [1.82, 2.24) is 10.0 Å². The minimum absolute atomic E-state index is 0.388. The molecule has 0 aliphatic carbocycles. The van der Waals surface area contributed by atoms with Crippen LogP contribution in [0.5, 0.6) is 0 Å². The minimum Gasteiger partial charge on any atom is -0.248 e. The third-order valence-corrected chi connectivity index (χ3v) is 1.39. The molecule has 0 bridgehead atoms. The summed E-state index contributed by atoms with van der Waals surface area (Å²) in [5, 5.41) is 4.31. The first-order valence-corrected chi connectivity index (χ1v) is 3.71. The monoisotopic (exact) mass is 144 g/mol. The second kappa shape index (κ2) is 3.35. The maximum absolute atomic E-state index is 2.24. The van der Waals surface area contributed by atoms with E-state index in [1.54, 1.807) is 0 Å². The summed E-state index contributed by atoms with van der Waals surface area (Å²) in [5.41, 5.74) is 0.388. The Bertz CT molecular complexity index is 91.9. The Morgan fingerprint density at radius 1 is 1.00 bits per heavy atom. The summed E-state index contributed by atoms with van der Waals surface area (Å²) in [6.45, 7) is 7.83. The van der Waals surface area contributed by atoms with Crippen LogP contribution < -0.4 is 0 Å². The molecule has 0 atom stereocenters. The van der Waals surface area contributed by atoms with Gasteiger partial charge in [0.05, 0.1) is 0 Å². The van der Waals surface area contributed by atoms with Crippen molar-refractivity contribution < 1.29 is 0 Å². The van der Waals surface area contributed by atoms with Gasteiger partial charge in [0.15, 0.2) is 0 Å². The molecular weight excluding hydrogens is 124 g/mol. The average molecular weight is 144 g/mol. The predicted octanol–water partition coefficient (Wildman–Crippen LogP) is 1.44. The summed E-state index contributed by atoms with van der Waals surface area (Å²) in [6.07, 6.45) is 0. The van der Waals surface area contributed by atoms with E-state index < -0.39 is 0 Å². The molecule has 0 saturated carbocycles. The molecule has 0 aromatic carbocycles. The zero-order valence-corrected chi connectivity index (χ0v) is 8.10. The number of nitrogens with zero attached hydrogens (tertiary/aromatic N) is 2. The van der Waals surface area contributed by atoms with E-state index in [0.29, 0.717) is 5.41 Å². The van der Waals surface area contributed by atoms with Crippen molar-refractivity contribution in [3.8, 4) is 0 Å². The van der Waals surface area contributed by atoms with Crippen LogP contribution in [0.15, 0.2) is 0 Å². The van der Waals surface area contributed by atoms with Gasteiger partial charge < -0.3 is 0 Å². The zero-order valence-electron chi connectivity index (χ0n) is 8.10. The van der Waals surface area contributed by atoms with Gasteiger partial charge in [0, 0.05) is 27.7 Å². The normalized spacial score (nSPS) is 13.2. The largest absolute Gasteiger partial charge is 0.248 e. The maximum Gasteiger partial charge on any atom is 0.0178 e. The SMILES string of the molecule is CN(C)N(C)CC(C)(C)C. The lowest BCUT2D eigenvalue weighted by Crippen LogP contribution is -2.39. The fourth-order valence-corrected chi connectivity index (χ4v) is 0.828. The van der Waals surface area contributed by atoms with Gasteiger partial charge in [0.2, 0.25) is 0 Å². The van der Waals surface area contributed by atoms with Crippen LogP contribution in [0.1, 0.15) is 20.8 Å². The summed E-state index contributed by atoms with van der Waals surface area (Å²) in [7, 11) is 6.22. The molecule has 0 heterocycles. The van der Waals surface area contributed by atoms with Crippen molar-refractivity contribution in [2.75, 3.05) is 27.7 Å². The Kier molecular flexibility index (Phi) is 3.33. The summed E-state index contributed by atoms with van der Waals surface area (Å²) >= 11 is 0. The molecule has 0 saturated heterocycles. The van der Waals surface area contributed by atoms with E-state index in [-0.39, 0.29) is 0 Å². The Hall–Kier alpha value is -0.0800. The first kappa shape index (κ1) is 9.92. The molecule has 0 fully saturated rings. The molecule has 0 unspecified atom stereocenters. The van der Waals surface area contributed by atoms with Crippen molar-refractivity contribution >= 4 is 0 Å². The summed E-state index contributed by atoms with van der Waals surface area (Å²) < 4.78 is 0. The summed E-state index contributed by atoms with van der Waals surface area (Å²) in [4.78, 5) is 0. The number of rotatable bonds is 2. The van der Waals surface area contributed by atoms with E-state index in [2.05, 4.69) is 51.9 Å². The van der Waals surface area contributed by atoms with Crippen molar-refractivity contribution in [2.24, 2.45) is 5.41 Å². The maximum atomic E-state index is 2.24. The molecule has 2 heteroatoms. The second-order valence-electron chi connectivity index (χ2n) is 4.22. The number of hydrogen-bond donors (Lipinski definition) is 0. The molecule has 0 aromatic heterocycles. The Labute approximate surface area is 64.8 Å². The van der Waals surface area contributed by atoms with Gasteiger partial charge in [-0.15, -0.1) is 0 Å². The van der Waals surface area contributed by atoms with Gasteiger partial charge in [-0.25, -0.2) is 10.0 Å². The first-order chi connectivity index (χ1) is 4.33. The van der Waals surface area contributed by atoms with Crippen LogP contribution in [0.25, 0.3) is 0 Å². The molecule has 0 amide bonds. The molecule has 0 aliphatic heterocycles. The lowest BCUT2D eigenvalue weighted by molar-refractivity contribution is 0.0239. The summed E-state index contributed by atoms with van der Waals surface area (Å²) in [5.74, 6) is 0. The molecule has 0 radical (unpaired) electrons. The third kappa shape index (κ3) is 4.77. The van der Waals surface area contributed by atoms with Gasteiger partial charge in [-0.3, -0.25) is 0 Å². The van der Waals surface area contributed by atoms with Crippen LogP contribution >= 0.6 is 0 Å². The van der Waals surface area contributed by atoms with E-state index >= 15 is 0 Å². The quantitative estimate of drug-likeness (QED) is 0.541. The highest BCUT2D eigenvalue weighted by atomic mass is 15.6. The van der Waals surface area contributed by atoms with Gasteiger partial charge in [-0.05, 0) is 5.41 Å². The molecule has 0 aliphatic rings. The van der Waals surface area contributed by atoms with Crippen LogP contribution in [-0.4, -0.2) is 37.7 Å². The number of hydrogen-bond acceptors (Lipinski definition) is 2. The predicted molar refractivity (Wildman–Crippen MR) is 45.8 cm³/mol. The smallest absolute Gasteiger partial charge is 0.0178 e. The lowest BCUT2D eigenvalue weighted by atomic mass is 9.97. The van der Waals surface area contributed by atoms with Gasteiger partial charge in [0.1, 0.15) is 0 Å². The van der Waals surface area contributed by atoms with Crippen LogP contribution in [0.4, 0.5) is 0 Å². The fourth-order valence-electron chi connectivity index (χ4n) is 0.828. The molecular formula is C8H20N2. The molecule has 0 spiro atoms. The third-order valence-electron chi connectivity index (χ3n) is 1.39. The number of hydrazine groups is 1. The van der Waals surface area contributed by atoms with Crippen LogP contribution in [-0.2, 0) is 0 Å². The molecule has 0 rings (SSSR count). The van der Waals surface area contributed by atoms with Crippen molar-refractivity contribution in [3.63, 3.8) is 0 Å². The Morgan fingerprint density at radius 2 is 1.40 bits per heavy atom. The van der Waals surface area contributed by atoms with Gasteiger partial charge >= 0.3 is 0 Å². The Morgan fingerprint density at radius 3 is 1.50 bits per heavy atom. The van der Waals surface area contributed by atoms with E-state index in [4.69, 9.17) is 0 Å². The highest BCUT2D eigenvalue weighted by Crippen LogP contribution is 2.13. The van der Waals surface area contributed by atoms with E-state index in [1.807, 2.05) is 0 Å². The fraction of sp³-hybridized carbons (Fsp3) is 1.00. The highest BCUT2D eigenvalue weighted by molar-refractivity contribution is 4.63. The van der Waals surface area contributed by atoms with Crippen molar-refractivity contribution in [1.29, 1.82) is 0 Å². The second-order valence-corrected chi connectivity index (χ2v) is 4.22. The molecule has 0 aromatic rings.